The fourth-order valence-corrected chi connectivity index (χ4v) is 8.56. The zero-order valence-corrected chi connectivity index (χ0v) is 39.2. The normalized spacial score (nSPS) is 16.7. The number of hydrogen-bond acceptors (Lipinski definition) is 4. The number of nitrogens with zero attached hydrogens (tertiary/aromatic N) is 2. The Balaban J connectivity index is 1.74. The summed E-state index contributed by atoms with van der Waals surface area (Å²) in [7, 11) is 2.31. The van der Waals surface area contributed by atoms with Gasteiger partial charge in [0.15, 0.2) is 5.79 Å². The molecule has 2 rings (SSSR count). The Morgan fingerprint density at radius 1 is 0.655 bits per heavy atom. The molecule has 0 saturated carbocycles. The second-order valence-corrected chi connectivity index (χ2v) is 18.3. The maximum absolute atomic E-state index is 6.95. The summed E-state index contributed by atoms with van der Waals surface area (Å²) in [5.74, 6) is -0.374. The number of unbranched alkanes of at least 4 members (excludes halogenated alkanes) is 18. The predicted octanol–water partition coefficient (Wildman–Crippen LogP) is 16.4. The molecule has 1 saturated heterocycles. The smallest absolute Gasteiger partial charge is 0.168 e. The molecule has 58 heavy (non-hydrogen) atoms. The summed E-state index contributed by atoms with van der Waals surface area (Å²) in [6.07, 6.45) is 59.1. The van der Waals surface area contributed by atoms with E-state index in [0.717, 1.165) is 58.1 Å². The predicted molar refractivity (Wildman–Crippen MR) is 255 cm³/mol. The van der Waals surface area contributed by atoms with Crippen molar-refractivity contribution in [1.29, 1.82) is 0 Å². The van der Waals surface area contributed by atoms with E-state index in [1.165, 1.54) is 147 Å². The van der Waals surface area contributed by atoms with E-state index in [9.17, 15) is 0 Å². The van der Waals surface area contributed by atoms with E-state index in [1.807, 2.05) is 12.4 Å². The fourth-order valence-electron chi connectivity index (χ4n) is 8.56. The van der Waals surface area contributed by atoms with Gasteiger partial charge in [0, 0.05) is 37.8 Å². The van der Waals surface area contributed by atoms with Crippen molar-refractivity contribution in [2.45, 2.75) is 244 Å². The van der Waals surface area contributed by atoms with Crippen LogP contribution < -0.4 is 0 Å². The Bertz CT molecular complexity index is 1140. The van der Waals surface area contributed by atoms with E-state index in [1.54, 1.807) is 0 Å². The van der Waals surface area contributed by atoms with E-state index in [2.05, 4.69) is 112 Å². The summed E-state index contributed by atoms with van der Waals surface area (Å²) in [5, 5.41) is 0. The van der Waals surface area contributed by atoms with Gasteiger partial charge in [-0.25, -0.2) is 0 Å². The first kappa shape index (κ1) is 52.1. The lowest BCUT2D eigenvalue weighted by molar-refractivity contribution is -0.180. The molecule has 1 aromatic rings. The summed E-state index contributed by atoms with van der Waals surface area (Å²) in [6, 6.07) is 4.90. The second-order valence-electron chi connectivity index (χ2n) is 18.3. The van der Waals surface area contributed by atoms with Crippen LogP contribution in [-0.2, 0) is 14.9 Å². The number of rotatable bonds is 38. The van der Waals surface area contributed by atoms with Crippen LogP contribution >= 0.6 is 0 Å². The van der Waals surface area contributed by atoms with E-state index in [4.69, 9.17) is 9.47 Å². The number of pyridine rings is 1. The molecular formula is C54H94N2O2. The molecule has 4 nitrogen and oxygen atoms in total. The topological polar surface area (TPSA) is 34.6 Å². The van der Waals surface area contributed by atoms with Crippen molar-refractivity contribution in [3.63, 3.8) is 0 Å². The molecule has 2 heterocycles. The summed E-state index contributed by atoms with van der Waals surface area (Å²) < 4.78 is 13.6. The SMILES string of the molecule is CCCCC/C=C\C/C=C\CCCCCCCCC1(CCCCCCCC/C=C\C/C=C\CCCCC)OCC(CCN(C)C(CC)CC(C)(C)c2ccncc2)O1. The van der Waals surface area contributed by atoms with Crippen LogP contribution in [-0.4, -0.2) is 48.0 Å². The number of ether oxygens (including phenoxy) is 2. The summed E-state index contributed by atoms with van der Waals surface area (Å²) in [5.41, 5.74) is 1.49. The van der Waals surface area contributed by atoms with Crippen molar-refractivity contribution in [3.05, 3.63) is 78.7 Å². The van der Waals surface area contributed by atoms with Crippen molar-refractivity contribution >= 4 is 0 Å². The first-order chi connectivity index (χ1) is 28.4. The number of hydrogen-bond donors (Lipinski definition) is 0. The second kappa shape index (κ2) is 34.7. The van der Waals surface area contributed by atoms with Crippen LogP contribution in [0.4, 0.5) is 0 Å². The Kier molecular flexibility index (Phi) is 31.2. The van der Waals surface area contributed by atoms with E-state index in [-0.39, 0.29) is 17.3 Å². The summed E-state index contributed by atoms with van der Waals surface area (Å²) >= 11 is 0. The third-order valence-corrected chi connectivity index (χ3v) is 12.5. The Labute approximate surface area is 361 Å². The molecule has 0 N–H and O–H groups in total. The molecule has 332 valence electrons. The standard InChI is InChI=1S/C54H94N2O2/c1-7-10-12-14-16-18-20-22-24-26-28-30-32-34-36-38-43-54(44-39-37-35-33-31-29-27-25-23-21-19-17-15-13-11-8-2)57-49-52(58-54)42-47-56(6)51(9-3)48-53(4,5)50-40-45-55-46-41-50/h16-19,22-25,40-41,45-46,51-52H,7-15,20-21,26-39,42-44,47-49H2,1-6H3/b18-16-,19-17-,24-22-,25-23-. The minimum atomic E-state index is -0.374. The number of allylic oxidation sites excluding steroid dienone is 8. The van der Waals surface area contributed by atoms with Gasteiger partial charge in [-0.1, -0.05) is 160 Å². The van der Waals surface area contributed by atoms with Crippen molar-refractivity contribution in [2.24, 2.45) is 0 Å². The Hall–Kier alpha value is -2.01. The van der Waals surface area contributed by atoms with E-state index in [0.29, 0.717) is 6.04 Å². The molecule has 0 aliphatic carbocycles. The summed E-state index contributed by atoms with van der Waals surface area (Å²) in [4.78, 5) is 6.83. The third kappa shape index (κ3) is 25.6. The average Bonchev–Trinajstić information content (AvgIpc) is 3.64. The molecule has 2 atom stereocenters. The van der Waals surface area contributed by atoms with Crippen LogP contribution in [0, 0.1) is 0 Å². The highest BCUT2D eigenvalue weighted by Gasteiger charge is 2.40. The largest absolute Gasteiger partial charge is 0.347 e. The first-order valence-electron chi connectivity index (χ1n) is 24.9. The molecule has 4 heteroatoms. The zero-order chi connectivity index (χ0) is 41.8. The van der Waals surface area contributed by atoms with E-state index >= 15 is 0 Å². The maximum atomic E-state index is 6.95. The van der Waals surface area contributed by atoms with Crippen LogP contribution in [0.1, 0.15) is 226 Å². The van der Waals surface area contributed by atoms with Crippen LogP contribution in [0.25, 0.3) is 0 Å². The van der Waals surface area contributed by atoms with Crippen LogP contribution in [0.2, 0.25) is 0 Å². The molecule has 1 fully saturated rings. The molecular weight excluding hydrogens is 709 g/mol. The monoisotopic (exact) mass is 803 g/mol. The van der Waals surface area contributed by atoms with Gasteiger partial charge in [0.1, 0.15) is 0 Å². The quantitative estimate of drug-likeness (QED) is 0.0493. The van der Waals surface area contributed by atoms with Gasteiger partial charge in [0.25, 0.3) is 0 Å². The minimum absolute atomic E-state index is 0.115. The lowest BCUT2D eigenvalue weighted by atomic mass is 9.78. The van der Waals surface area contributed by atoms with Gasteiger partial charge in [0.05, 0.1) is 12.7 Å². The van der Waals surface area contributed by atoms with Gasteiger partial charge in [-0.15, -0.1) is 0 Å². The van der Waals surface area contributed by atoms with Crippen molar-refractivity contribution in [2.75, 3.05) is 20.2 Å². The highest BCUT2D eigenvalue weighted by molar-refractivity contribution is 5.20. The van der Waals surface area contributed by atoms with Gasteiger partial charge in [-0.3, -0.25) is 4.98 Å². The average molecular weight is 803 g/mol. The molecule has 1 aliphatic rings. The zero-order valence-electron chi connectivity index (χ0n) is 39.2. The molecule has 0 bridgehead atoms. The van der Waals surface area contributed by atoms with E-state index < -0.39 is 0 Å². The fraction of sp³-hybridized carbons (Fsp3) is 0.759. The van der Waals surface area contributed by atoms with Crippen molar-refractivity contribution < 1.29 is 9.47 Å². The lowest BCUT2D eigenvalue weighted by Crippen LogP contribution is -2.38. The van der Waals surface area contributed by atoms with Crippen LogP contribution in [0.3, 0.4) is 0 Å². The molecule has 0 aromatic carbocycles. The van der Waals surface area contributed by atoms with Crippen LogP contribution in [0.15, 0.2) is 73.1 Å². The molecule has 2 unspecified atom stereocenters. The first-order valence-corrected chi connectivity index (χ1v) is 24.9. The summed E-state index contributed by atoms with van der Waals surface area (Å²) in [6.45, 7) is 13.4. The molecule has 0 radical (unpaired) electrons. The molecule has 1 aliphatic heterocycles. The lowest BCUT2D eigenvalue weighted by Gasteiger charge is -2.35. The van der Waals surface area contributed by atoms with Gasteiger partial charge >= 0.3 is 0 Å². The van der Waals surface area contributed by atoms with Gasteiger partial charge in [-0.05, 0) is 126 Å². The number of aromatic nitrogens is 1. The van der Waals surface area contributed by atoms with Gasteiger partial charge in [0.2, 0.25) is 0 Å². The molecule has 0 spiro atoms. The van der Waals surface area contributed by atoms with Crippen molar-refractivity contribution in [1.82, 2.24) is 9.88 Å². The Morgan fingerprint density at radius 3 is 1.57 bits per heavy atom. The van der Waals surface area contributed by atoms with Gasteiger partial charge < -0.3 is 14.4 Å². The minimum Gasteiger partial charge on any atom is -0.347 e. The highest BCUT2D eigenvalue weighted by Crippen LogP contribution is 2.36. The van der Waals surface area contributed by atoms with Gasteiger partial charge in [-0.2, -0.15) is 0 Å². The third-order valence-electron chi connectivity index (χ3n) is 12.5. The van der Waals surface area contributed by atoms with Crippen molar-refractivity contribution in [3.8, 4) is 0 Å². The molecule has 0 amide bonds. The molecule has 1 aromatic heterocycles. The van der Waals surface area contributed by atoms with Crippen LogP contribution in [0.5, 0.6) is 0 Å². The Morgan fingerprint density at radius 2 is 1.10 bits per heavy atom. The maximum Gasteiger partial charge on any atom is 0.168 e. The highest BCUT2D eigenvalue weighted by atomic mass is 16.7.